The van der Waals surface area contributed by atoms with Crippen molar-refractivity contribution in [2.45, 2.75) is 88.3 Å². The van der Waals surface area contributed by atoms with Crippen molar-refractivity contribution in [1.29, 1.82) is 0 Å². The molecule has 2 aromatic carbocycles. The molecule has 2 saturated carbocycles. The Morgan fingerprint density at radius 2 is 1.72 bits per heavy atom. The molecule has 1 N–H and O–H groups in total. The maximum absolute atomic E-state index is 13.9. The van der Waals surface area contributed by atoms with Gasteiger partial charge in [-0.05, 0) is 79.5 Å². The van der Waals surface area contributed by atoms with E-state index in [2.05, 4.69) is 55.1 Å². The van der Waals surface area contributed by atoms with Crippen molar-refractivity contribution in [3.63, 3.8) is 0 Å². The van der Waals surface area contributed by atoms with E-state index in [4.69, 9.17) is 4.74 Å². The van der Waals surface area contributed by atoms with Crippen molar-refractivity contribution < 1.29 is 14.6 Å². The van der Waals surface area contributed by atoms with Crippen LogP contribution in [0.25, 0.3) is 0 Å². The number of urea groups is 1. The number of carbonyl (C=O) groups is 1. The molecule has 1 atom stereocenters. The van der Waals surface area contributed by atoms with Gasteiger partial charge in [0.15, 0.2) is 0 Å². The Bertz CT molecular complexity index is 1060. The smallest absolute Gasteiger partial charge is 0.321 e. The minimum Gasteiger partial charge on any atom is -0.497 e. The summed E-state index contributed by atoms with van der Waals surface area (Å²) in [5.41, 5.74) is 1.72. The second kappa shape index (κ2) is 9.74. The van der Waals surface area contributed by atoms with Crippen LogP contribution in [0, 0.1) is 5.92 Å². The molecule has 0 bridgehead atoms. The average molecular weight is 491 g/mol. The minimum atomic E-state index is -0.723. The first-order valence-electron chi connectivity index (χ1n) is 13.8. The highest BCUT2D eigenvalue weighted by molar-refractivity contribution is 5.78. The quantitative estimate of drug-likeness (QED) is 0.483. The molecule has 3 fully saturated rings. The van der Waals surface area contributed by atoms with E-state index >= 15 is 0 Å². The van der Waals surface area contributed by atoms with Gasteiger partial charge in [0, 0.05) is 13.1 Å². The van der Waals surface area contributed by atoms with Crippen molar-refractivity contribution in [3.8, 4) is 5.75 Å². The van der Waals surface area contributed by atoms with Gasteiger partial charge in [0.05, 0.1) is 24.8 Å². The molecule has 5 rings (SSSR count). The Morgan fingerprint density at radius 3 is 2.33 bits per heavy atom. The van der Waals surface area contributed by atoms with E-state index in [0.717, 1.165) is 69.2 Å². The zero-order valence-electron chi connectivity index (χ0n) is 22.2. The molecule has 2 amide bonds. The van der Waals surface area contributed by atoms with Crippen LogP contribution < -0.4 is 4.74 Å². The SMILES string of the molecule is CCC(C)C1(c2ccccc2)CCC2(CC1)CN(Cc1cccc(OC)c1)C(=O)N2CC1(O)CCC1. The summed E-state index contributed by atoms with van der Waals surface area (Å²) in [6.07, 6.45) is 7.87. The number of carbonyl (C=O) groups excluding carboxylic acids is 1. The first-order valence-corrected chi connectivity index (χ1v) is 13.8. The van der Waals surface area contributed by atoms with Gasteiger partial charge in [-0.1, -0.05) is 62.7 Å². The van der Waals surface area contributed by atoms with Gasteiger partial charge < -0.3 is 19.6 Å². The second-order valence-corrected chi connectivity index (χ2v) is 11.7. The molecule has 1 aliphatic heterocycles. The van der Waals surface area contributed by atoms with Crippen molar-refractivity contribution in [2.24, 2.45) is 5.92 Å². The molecule has 1 saturated heterocycles. The summed E-state index contributed by atoms with van der Waals surface area (Å²) >= 11 is 0. The van der Waals surface area contributed by atoms with E-state index in [1.54, 1.807) is 7.11 Å². The molecular formula is C31H42N2O3. The van der Waals surface area contributed by atoms with Gasteiger partial charge >= 0.3 is 6.03 Å². The zero-order chi connectivity index (χ0) is 25.4. The van der Waals surface area contributed by atoms with E-state index in [1.165, 1.54) is 5.56 Å². The number of methoxy groups -OCH3 is 1. The first kappa shape index (κ1) is 25.1. The number of aliphatic hydroxyl groups is 1. The third kappa shape index (κ3) is 4.40. The monoisotopic (exact) mass is 490 g/mol. The van der Waals surface area contributed by atoms with Crippen LogP contribution in [0.5, 0.6) is 5.75 Å². The Hall–Kier alpha value is -2.53. The predicted octanol–water partition coefficient (Wildman–Crippen LogP) is 6.14. The lowest BCUT2D eigenvalue weighted by atomic mass is 9.58. The number of hydrogen-bond donors (Lipinski definition) is 1. The summed E-state index contributed by atoms with van der Waals surface area (Å²) in [6.45, 7) is 6.45. The number of ether oxygens (including phenoxy) is 1. The van der Waals surface area contributed by atoms with Crippen molar-refractivity contribution in [3.05, 3.63) is 65.7 Å². The molecule has 36 heavy (non-hydrogen) atoms. The fourth-order valence-electron chi connectivity index (χ4n) is 7.09. The van der Waals surface area contributed by atoms with Crippen molar-refractivity contribution >= 4 is 6.03 Å². The molecule has 2 aliphatic carbocycles. The van der Waals surface area contributed by atoms with Crippen LogP contribution in [0.4, 0.5) is 4.79 Å². The number of amides is 2. The normalized spacial score (nSPS) is 28.3. The fraction of sp³-hybridized carbons (Fsp3) is 0.581. The van der Waals surface area contributed by atoms with Crippen LogP contribution in [0.1, 0.15) is 76.3 Å². The van der Waals surface area contributed by atoms with Gasteiger partial charge in [0.25, 0.3) is 0 Å². The molecule has 1 heterocycles. The van der Waals surface area contributed by atoms with E-state index < -0.39 is 5.60 Å². The minimum absolute atomic E-state index is 0.0777. The van der Waals surface area contributed by atoms with E-state index in [-0.39, 0.29) is 17.0 Å². The maximum Gasteiger partial charge on any atom is 0.321 e. The molecule has 0 radical (unpaired) electrons. The van der Waals surface area contributed by atoms with E-state index in [9.17, 15) is 9.90 Å². The average Bonchev–Trinajstić information content (AvgIpc) is 3.13. The van der Waals surface area contributed by atoms with Gasteiger partial charge in [-0.25, -0.2) is 4.79 Å². The summed E-state index contributed by atoms with van der Waals surface area (Å²) in [5, 5.41) is 11.1. The number of rotatable bonds is 8. The van der Waals surface area contributed by atoms with Crippen molar-refractivity contribution in [1.82, 2.24) is 9.80 Å². The topological polar surface area (TPSA) is 53.0 Å². The highest BCUT2D eigenvalue weighted by Crippen LogP contribution is 2.53. The zero-order valence-corrected chi connectivity index (χ0v) is 22.2. The number of β-amino-alcohol motifs (C(OH)–C–C–N with tert-alkyl or cyclic N) is 1. The lowest BCUT2D eigenvalue weighted by molar-refractivity contribution is -0.0696. The van der Waals surface area contributed by atoms with E-state index in [0.29, 0.717) is 19.0 Å². The van der Waals surface area contributed by atoms with Gasteiger partial charge in [-0.15, -0.1) is 0 Å². The summed E-state index contributed by atoms with van der Waals surface area (Å²) in [7, 11) is 1.68. The summed E-state index contributed by atoms with van der Waals surface area (Å²) in [4.78, 5) is 18.0. The summed E-state index contributed by atoms with van der Waals surface area (Å²) < 4.78 is 5.42. The lowest BCUT2D eigenvalue weighted by Crippen LogP contribution is -2.58. The van der Waals surface area contributed by atoms with Gasteiger partial charge in [0.2, 0.25) is 0 Å². The number of benzene rings is 2. The summed E-state index contributed by atoms with van der Waals surface area (Å²) in [5.74, 6) is 1.39. The Morgan fingerprint density at radius 1 is 1.00 bits per heavy atom. The van der Waals surface area contributed by atoms with Crippen LogP contribution in [0.3, 0.4) is 0 Å². The molecule has 0 aromatic heterocycles. The second-order valence-electron chi connectivity index (χ2n) is 11.7. The molecule has 5 heteroatoms. The van der Waals surface area contributed by atoms with Gasteiger partial charge in [0.1, 0.15) is 5.75 Å². The van der Waals surface area contributed by atoms with Crippen LogP contribution in [-0.4, -0.2) is 52.3 Å². The highest BCUT2D eigenvalue weighted by Gasteiger charge is 2.56. The van der Waals surface area contributed by atoms with Crippen LogP contribution in [0.2, 0.25) is 0 Å². The van der Waals surface area contributed by atoms with Gasteiger partial charge in [-0.2, -0.15) is 0 Å². The van der Waals surface area contributed by atoms with Crippen LogP contribution in [-0.2, 0) is 12.0 Å². The first-order chi connectivity index (χ1) is 17.3. The highest BCUT2D eigenvalue weighted by atomic mass is 16.5. The maximum atomic E-state index is 13.9. The van der Waals surface area contributed by atoms with Crippen LogP contribution >= 0.6 is 0 Å². The van der Waals surface area contributed by atoms with Gasteiger partial charge in [-0.3, -0.25) is 0 Å². The van der Waals surface area contributed by atoms with Crippen LogP contribution in [0.15, 0.2) is 54.6 Å². The molecule has 1 spiro atoms. The Balaban J connectivity index is 1.43. The molecule has 1 unspecified atom stereocenters. The molecule has 194 valence electrons. The Kier molecular flexibility index (Phi) is 6.80. The predicted molar refractivity (Wildman–Crippen MR) is 143 cm³/mol. The number of nitrogens with zero attached hydrogens (tertiary/aromatic N) is 2. The molecule has 2 aromatic rings. The summed E-state index contributed by atoms with van der Waals surface area (Å²) in [6, 6.07) is 19.1. The molecule has 3 aliphatic rings. The van der Waals surface area contributed by atoms with Crippen molar-refractivity contribution in [2.75, 3.05) is 20.2 Å². The largest absolute Gasteiger partial charge is 0.497 e. The Labute approximate surface area is 216 Å². The number of hydrogen-bond acceptors (Lipinski definition) is 3. The standard InChI is InChI=1S/C31H42N2O3/c1-4-24(2)31(26-11-6-5-7-12-26)18-16-29(17-19-31)22-32(21-25-10-8-13-27(20-25)36-3)28(34)33(29)23-30(35)14-9-15-30/h5-8,10-13,20,24,35H,4,9,14-19,21-23H2,1-3H3. The van der Waals surface area contributed by atoms with E-state index in [1.807, 2.05) is 23.1 Å². The third-order valence-electron chi connectivity index (χ3n) is 9.78. The fourth-order valence-corrected chi connectivity index (χ4v) is 7.09. The third-order valence-corrected chi connectivity index (χ3v) is 9.78. The lowest BCUT2D eigenvalue weighted by Gasteiger charge is -2.52. The molecule has 5 nitrogen and oxygen atoms in total. The molecular weight excluding hydrogens is 448 g/mol.